The molecule has 4 nitrogen and oxygen atoms in total. The van der Waals surface area contributed by atoms with Crippen LogP contribution in [0.2, 0.25) is 0 Å². The lowest BCUT2D eigenvalue weighted by atomic mass is 10.0. The number of benzene rings is 2. The molecule has 3 aromatic rings. The van der Waals surface area contributed by atoms with Gasteiger partial charge in [-0.15, -0.1) is 0 Å². The molecular weight excluding hydrogens is 310 g/mol. The lowest BCUT2D eigenvalue weighted by molar-refractivity contribution is 0.203. The van der Waals surface area contributed by atoms with E-state index in [0.717, 1.165) is 43.5 Å². The number of hydrogen-bond acceptors (Lipinski definition) is 2. The molecule has 0 amide bonds. The molecule has 0 atom stereocenters. The Morgan fingerprint density at radius 3 is 2.52 bits per heavy atom. The minimum Gasteiger partial charge on any atom is -0.306 e. The fourth-order valence-corrected chi connectivity index (χ4v) is 3.70. The van der Waals surface area contributed by atoms with Crippen LogP contribution >= 0.6 is 0 Å². The van der Waals surface area contributed by atoms with Gasteiger partial charge in [0, 0.05) is 25.7 Å². The summed E-state index contributed by atoms with van der Waals surface area (Å²) in [6, 6.07) is 18.6. The number of aromatic nitrogens is 2. The number of nitrogens with one attached hydrogen (secondary N) is 1. The highest BCUT2D eigenvalue weighted by Crippen LogP contribution is 2.24. The summed E-state index contributed by atoms with van der Waals surface area (Å²) < 4.78 is 1.95. The highest BCUT2D eigenvalue weighted by Gasteiger charge is 2.22. The van der Waals surface area contributed by atoms with Crippen LogP contribution in [0, 0.1) is 0 Å². The fourth-order valence-electron chi connectivity index (χ4n) is 3.70. The van der Waals surface area contributed by atoms with E-state index in [1.165, 1.54) is 5.56 Å². The minimum atomic E-state index is 0.0172. The summed E-state index contributed by atoms with van der Waals surface area (Å²) in [4.78, 5) is 17.8. The lowest BCUT2D eigenvalue weighted by Crippen LogP contribution is -2.37. The number of imidazole rings is 1. The first-order valence-corrected chi connectivity index (χ1v) is 8.94. The quantitative estimate of drug-likeness (QED) is 0.791. The van der Waals surface area contributed by atoms with Crippen molar-refractivity contribution < 1.29 is 0 Å². The normalized spacial score (nSPS) is 16.8. The molecule has 2 aromatic carbocycles. The molecule has 25 heavy (non-hydrogen) atoms. The summed E-state index contributed by atoms with van der Waals surface area (Å²) in [7, 11) is 0. The number of aromatic amines is 1. The number of para-hydroxylation sites is 2. The Morgan fingerprint density at radius 1 is 1.00 bits per heavy atom. The van der Waals surface area contributed by atoms with Gasteiger partial charge in [0.05, 0.1) is 11.0 Å². The molecule has 1 aliphatic heterocycles. The predicted molar refractivity (Wildman–Crippen MR) is 103 cm³/mol. The van der Waals surface area contributed by atoms with Crippen molar-refractivity contribution in [3.63, 3.8) is 0 Å². The summed E-state index contributed by atoms with van der Waals surface area (Å²) >= 11 is 0. The Kier molecular flexibility index (Phi) is 4.53. The molecule has 128 valence electrons. The zero-order valence-corrected chi connectivity index (χ0v) is 14.3. The standard InChI is InChI=1S/C21H23N3O/c25-21-22-19-10-4-5-11-20(19)24(21)18-12-15-23(16-13-18)14-6-9-17-7-2-1-3-8-17/h1-11,18H,12-16H2,(H,22,25)/b9-6+. The molecule has 1 fully saturated rings. The molecule has 0 unspecified atom stereocenters. The second kappa shape index (κ2) is 7.11. The molecule has 0 saturated carbocycles. The van der Waals surface area contributed by atoms with E-state index in [1.807, 2.05) is 34.9 Å². The van der Waals surface area contributed by atoms with Crippen molar-refractivity contribution in [1.29, 1.82) is 0 Å². The van der Waals surface area contributed by atoms with Crippen molar-refractivity contribution in [3.8, 4) is 0 Å². The number of fused-ring (bicyclic) bond motifs is 1. The molecule has 1 saturated heterocycles. The van der Waals surface area contributed by atoms with Crippen LogP contribution in [0.3, 0.4) is 0 Å². The van der Waals surface area contributed by atoms with E-state index in [1.54, 1.807) is 0 Å². The van der Waals surface area contributed by atoms with Crippen molar-refractivity contribution in [2.24, 2.45) is 0 Å². The van der Waals surface area contributed by atoms with Crippen LogP contribution in [-0.2, 0) is 0 Å². The summed E-state index contributed by atoms with van der Waals surface area (Å²) in [5, 5.41) is 0. The van der Waals surface area contributed by atoms with Gasteiger partial charge in [0.25, 0.3) is 0 Å². The van der Waals surface area contributed by atoms with E-state index in [0.29, 0.717) is 0 Å². The van der Waals surface area contributed by atoms with Gasteiger partial charge in [0.1, 0.15) is 0 Å². The zero-order valence-electron chi connectivity index (χ0n) is 14.3. The second-order valence-corrected chi connectivity index (χ2v) is 6.66. The van der Waals surface area contributed by atoms with Crippen LogP contribution in [0.25, 0.3) is 17.1 Å². The molecule has 1 aliphatic rings. The van der Waals surface area contributed by atoms with Gasteiger partial charge in [-0.3, -0.25) is 9.47 Å². The topological polar surface area (TPSA) is 41.0 Å². The van der Waals surface area contributed by atoms with Crippen molar-refractivity contribution >= 4 is 17.1 Å². The molecule has 1 aromatic heterocycles. The van der Waals surface area contributed by atoms with Crippen LogP contribution in [0.15, 0.2) is 65.5 Å². The predicted octanol–water partition coefficient (Wildman–Crippen LogP) is 3.68. The third-order valence-corrected chi connectivity index (χ3v) is 5.02. The zero-order chi connectivity index (χ0) is 17.1. The van der Waals surface area contributed by atoms with Crippen molar-refractivity contribution in [1.82, 2.24) is 14.5 Å². The third kappa shape index (κ3) is 3.44. The number of rotatable bonds is 4. The van der Waals surface area contributed by atoms with Gasteiger partial charge in [0.2, 0.25) is 0 Å². The van der Waals surface area contributed by atoms with E-state index in [-0.39, 0.29) is 11.7 Å². The van der Waals surface area contributed by atoms with Crippen molar-refractivity contribution in [2.45, 2.75) is 18.9 Å². The Balaban J connectivity index is 1.39. The first-order chi connectivity index (χ1) is 12.3. The number of piperidine rings is 1. The molecular formula is C21H23N3O. The maximum Gasteiger partial charge on any atom is 0.326 e. The smallest absolute Gasteiger partial charge is 0.306 e. The van der Waals surface area contributed by atoms with E-state index >= 15 is 0 Å². The maximum absolute atomic E-state index is 12.3. The molecule has 4 heteroatoms. The number of H-pyrrole nitrogens is 1. The minimum absolute atomic E-state index is 0.0172. The summed E-state index contributed by atoms with van der Waals surface area (Å²) in [6.45, 7) is 3.01. The van der Waals surface area contributed by atoms with E-state index in [9.17, 15) is 4.79 Å². The number of nitrogens with zero attached hydrogens (tertiary/aromatic N) is 2. The maximum atomic E-state index is 12.3. The first-order valence-electron chi connectivity index (χ1n) is 8.94. The Labute approximate surface area is 147 Å². The molecule has 0 aliphatic carbocycles. The van der Waals surface area contributed by atoms with Crippen LogP contribution in [-0.4, -0.2) is 34.1 Å². The van der Waals surface area contributed by atoms with Crippen LogP contribution < -0.4 is 5.69 Å². The fraction of sp³-hybridized carbons (Fsp3) is 0.286. The monoisotopic (exact) mass is 333 g/mol. The van der Waals surface area contributed by atoms with E-state index in [2.05, 4.69) is 46.3 Å². The van der Waals surface area contributed by atoms with Gasteiger partial charge in [-0.25, -0.2) is 4.79 Å². The Morgan fingerprint density at radius 2 is 1.72 bits per heavy atom. The van der Waals surface area contributed by atoms with Crippen LogP contribution in [0.4, 0.5) is 0 Å². The van der Waals surface area contributed by atoms with E-state index in [4.69, 9.17) is 0 Å². The largest absolute Gasteiger partial charge is 0.326 e. The number of hydrogen-bond donors (Lipinski definition) is 1. The Hall–Kier alpha value is -2.59. The first kappa shape index (κ1) is 15.9. The van der Waals surface area contributed by atoms with Crippen LogP contribution in [0.5, 0.6) is 0 Å². The number of likely N-dealkylation sites (tertiary alicyclic amines) is 1. The van der Waals surface area contributed by atoms with Gasteiger partial charge in [-0.2, -0.15) is 0 Å². The SMILES string of the molecule is O=c1[nH]c2ccccc2n1C1CCN(C/C=C/c2ccccc2)CC1. The highest BCUT2D eigenvalue weighted by molar-refractivity contribution is 5.75. The van der Waals surface area contributed by atoms with Crippen LogP contribution in [0.1, 0.15) is 24.4 Å². The van der Waals surface area contributed by atoms with Gasteiger partial charge in [0.15, 0.2) is 0 Å². The van der Waals surface area contributed by atoms with Gasteiger partial charge >= 0.3 is 5.69 Å². The molecule has 4 rings (SSSR count). The molecule has 0 spiro atoms. The van der Waals surface area contributed by atoms with Gasteiger partial charge in [-0.1, -0.05) is 54.6 Å². The Bertz CT molecular complexity index is 915. The lowest BCUT2D eigenvalue weighted by Gasteiger charge is -2.31. The molecule has 0 radical (unpaired) electrons. The highest BCUT2D eigenvalue weighted by atomic mass is 16.1. The van der Waals surface area contributed by atoms with Gasteiger partial charge in [-0.05, 0) is 30.5 Å². The second-order valence-electron chi connectivity index (χ2n) is 6.66. The summed E-state index contributed by atoms with van der Waals surface area (Å²) in [5.74, 6) is 0. The average Bonchev–Trinajstić information content (AvgIpc) is 2.99. The van der Waals surface area contributed by atoms with Crippen molar-refractivity contribution in [2.75, 3.05) is 19.6 Å². The molecule has 0 bridgehead atoms. The average molecular weight is 333 g/mol. The van der Waals surface area contributed by atoms with Crippen molar-refractivity contribution in [3.05, 3.63) is 76.7 Å². The summed E-state index contributed by atoms with van der Waals surface area (Å²) in [5.41, 5.74) is 3.21. The third-order valence-electron chi connectivity index (χ3n) is 5.02. The molecule has 1 N–H and O–H groups in total. The molecule has 2 heterocycles. The van der Waals surface area contributed by atoms with Gasteiger partial charge < -0.3 is 4.98 Å². The van der Waals surface area contributed by atoms with E-state index < -0.39 is 0 Å². The summed E-state index contributed by atoms with van der Waals surface area (Å²) in [6.07, 6.45) is 6.44.